The zero-order valence-corrected chi connectivity index (χ0v) is 68.5. The SMILES string of the molecule is CC(=O)N[C@H]1[C@H](OCCN)O[C@H](CO)[C@@H](O)[C@@H]1O.C[C@@H]1O[C@H](OCCN)[C@@H](O)[C@H](O)[C@@H]1O.NCCO[C@H]1O[C@H](CO)[C@@H](O)[C@H](O)[C@@H]1O.NCCO[C@H]1O[C@H](CO)[C@@H](O)[C@H](O)[C@@H]1O[C@H]1C[C@H](CO)[C@@H](O)[C@H](O)[C@@H]1O.NCCO[C@H]1O[C@H](CO)[C@@H](O)[C@H](O)[C@H]1O.NCCO[C@H]1O[C@H](CO[C@H]2O[C@H](CO)[C@@H](O)[C@H](O)[C@@H]2O)[C@@H](O)[C@H](O[C@H]2O[C@H](CO)[C@@H](O)[C@H](O)[C@@H]2O)[C@@H]1O. The molecule has 56 heteroatoms. The molecule has 1 aliphatic carbocycles. The van der Waals surface area contributed by atoms with Crippen LogP contribution in [0.1, 0.15) is 20.3 Å². The Hall–Kier alpha value is -2.69. The topological polar surface area (TPSA) is 969 Å². The second-order valence-corrected chi connectivity index (χ2v) is 29.8. The predicted molar refractivity (Wildman–Crippen MR) is 404 cm³/mol. The van der Waals surface area contributed by atoms with Crippen LogP contribution in [0.25, 0.3) is 0 Å². The van der Waals surface area contributed by atoms with Gasteiger partial charge in [0.15, 0.2) is 50.3 Å². The first-order valence-corrected chi connectivity index (χ1v) is 40.1. The molecule has 56 nitrogen and oxygen atoms in total. The third-order valence-electron chi connectivity index (χ3n) is 20.7. The number of nitrogens with two attached hydrogens (primary N) is 6. The van der Waals surface area contributed by atoms with Gasteiger partial charge in [0.25, 0.3) is 0 Å². The lowest BCUT2D eigenvalue weighted by atomic mass is 9.81. The Kier molecular flexibility index (Phi) is 53.0. The average molecular weight is 1850 g/mol. The summed E-state index contributed by atoms with van der Waals surface area (Å²) < 4.78 is 89.7. The van der Waals surface area contributed by atoms with Gasteiger partial charge in [-0.25, -0.2) is 0 Å². The lowest BCUT2D eigenvalue weighted by Crippen LogP contribution is -2.65. The molecule has 0 aromatic heterocycles. The van der Waals surface area contributed by atoms with Crippen LogP contribution in [0.4, 0.5) is 0 Å². The Labute approximate surface area is 715 Å². The normalized spacial score (nSPS) is 44.6. The van der Waals surface area contributed by atoms with Gasteiger partial charge in [-0.2, -0.15) is 0 Å². The predicted octanol–water partition coefficient (Wildman–Crippen LogP) is -24.1. The van der Waals surface area contributed by atoms with Gasteiger partial charge in [-0.1, -0.05) is 0 Å². The van der Waals surface area contributed by atoms with Crippen molar-refractivity contribution in [3.05, 3.63) is 0 Å². The van der Waals surface area contributed by atoms with E-state index in [0.29, 0.717) is 6.54 Å². The van der Waals surface area contributed by atoms with E-state index >= 15 is 0 Å². The zero-order valence-electron chi connectivity index (χ0n) is 68.5. The molecule has 0 aromatic rings. The van der Waals surface area contributed by atoms with E-state index in [1.165, 1.54) is 6.92 Å². The third kappa shape index (κ3) is 32.0. The molecule has 9 rings (SSSR count). The number of hydrogen-bond acceptors (Lipinski definition) is 55. The quantitative estimate of drug-likeness (QED) is 0.0290. The molecule has 8 saturated heterocycles. The first-order chi connectivity index (χ1) is 59.2. The lowest BCUT2D eigenvalue weighted by molar-refractivity contribution is -0.365. The summed E-state index contributed by atoms with van der Waals surface area (Å²) in [5.74, 6) is -1.13. The van der Waals surface area contributed by atoms with E-state index < -0.39 is 335 Å². The Morgan fingerprint density at radius 2 is 0.568 bits per heavy atom. The fraction of sp³-hybridized carbons (Fsp3) is 0.986. The highest BCUT2D eigenvalue weighted by Gasteiger charge is 2.56. The summed E-state index contributed by atoms with van der Waals surface area (Å²) in [6, 6.07) is -0.910. The number of carbonyl (C=O) groups is 1. The number of carbonyl (C=O) groups excluding carboxylic acids is 1. The molecule has 0 radical (unpaired) electrons. The van der Waals surface area contributed by atoms with Gasteiger partial charge < -0.3 is 279 Å². The van der Waals surface area contributed by atoms with Crippen molar-refractivity contribution in [1.82, 2.24) is 5.32 Å². The molecule has 8 heterocycles. The van der Waals surface area contributed by atoms with Crippen LogP contribution in [0.5, 0.6) is 0 Å². The molecule has 0 spiro atoms. The van der Waals surface area contributed by atoms with Gasteiger partial charge in [0, 0.05) is 58.7 Å². The Bertz CT molecular complexity index is 2800. The summed E-state index contributed by atoms with van der Waals surface area (Å²) in [7, 11) is 0. The molecule has 1 saturated carbocycles. The van der Waals surface area contributed by atoms with Crippen molar-refractivity contribution in [1.29, 1.82) is 0 Å². The maximum absolute atomic E-state index is 11.0. The van der Waals surface area contributed by atoms with Crippen molar-refractivity contribution in [3.63, 3.8) is 0 Å². The number of rotatable bonds is 33. The largest absolute Gasteiger partial charge is 0.396 e. The van der Waals surface area contributed by atoms with Crippen LogP contribution in [0, 0.1) is 5.92 Å². The Morgan fingerprint density at radius 3 is 0.936 bits per heavy atom. The van der Waals surface area contributed by atoms with E-state index in [-0.39, 0.29) is 78.8 Å². The standard InChI is InChI=1S/C20H37NO16.C15H29NO10.C10H20N2O6.2C8H17NO6.C8H17NO5/c21-1-2-32-19-16(31)17(37-20-15(30)13(28)10(25)7(4-23)35-20)11(26)8(36-19)5-33-18-14(29)12(27)9(24)6(3-22)34-18;16-1-2-24-15-14(13(23)11(21)8(5-18)26-15)25-7-3-6(4-17)9(19)12(22)10(7)20;1-5(14)12-7-9(16)8(15)6(4-13)18-10(7)17-3-2-11;2*9-1-2-14-8-7(13)6(12)5(11)4(3-10)15-8;1-4-5(10)6(11)7(12)8(14-4)13-3-2-9/h6-20,22-31H,1-5,21H2;6-15,17-23H,1-5,16H2;6-10,13,15-16H,2-4,11H2,1H3,(H,12,14);2*4-8,10-13H,1-3,9H2;4-8,10-12H,2-3,9H2,1H3/t6-,7-,8-,9-,10-,11-,12+,13+,14+,15+,16+,17+,18+,19+,20-;6-,7+,8-,9-,10-,11-,12+,13+,14+,15+;6-,7-,8-,9-,10-;4-,5-,6+,7+,8+;4-,5-,6+,7-,8+;4-,5+,6+,7-,8-/m111110/s1. The Balaban J connectivity index is 0.000000328. The maximum Gasteiger partial charge on any atom is 0.217 e. The summed E-state index contributed by atoms with van der Waals surface area (Å²) in [5.41, 5.74) is 31.7. The van der Waals surface area contributed by atoms with Crippen LogP contribution < -0.4 is 39.7 Å². The highest BCUT2D eigenvalue weighted by molar-refractivity contribution is 5.73. The average Bonchev–Trinajstić information content (AvgIpc) is 0.768. The van der Waals surface area contributed by atoms with Gasteiger partial charge in [0.1, 0.15) is 201 Å². The van der Waals surface area contributed by atoms with Gasteiger partial charge in [-0.05, 0) is 13.3 Å². The van der Waals surface area contributed by atoms with Crippen LogP contribution in [-0.4, -0.2) is 566 Å². The van der Waals surface area contributed by atoms with E-state index in [1.807, 2.05) is 0 Å². The molecule has 9 aliphatic rings. The molecule has 0 bridgehead atoms. The molecule has 125 heavy (non-hydrogen) atoms. The molecule has 8 aliphatic heterocycles. The molecular formula is C69H137N7O49. The molecule has 0 unspecified atom stereocenters. The van der Waals surface area contributed by atoms with Crippen LogP contribution in [0.3, 0.4) is 0 Å². The van der Waals surface area contributed by atoms with E-state index in [0.717, 1.165) is 0 Å². The first-order valence-electron chi connectivity index (χ1n) is 40.1. The van der Waals surface area contributed by atoms with E-state index in [9.17, 15) is 148 Å². The van der Waals surface area contributed by atoms with Gasteiger partial charge in [-0.15, -0.1) is 0 Å². The minimum Gasteiger partial charge on any atom is -0.396 e. The van der Waals surface area contributed by atoms with Crippen molar-refractivity contribution in [3.8, 4) is 0 Å². The van der Waals surface area contributed by atoms with E-state index in [1.54, 1.807) is 6.92 Å². The fourth-order valence-corrected chi connectivity index (χ4v) is 13.5. The zero-order chi connectivity index (χ0) is 94.1. The summed E-state index contributed by atoms with van der Waals surface area (Å²) in [4.78, 5) is 11.0. The molecule has 9 fully saturated rings. The van der Waals surface area contributed by atoms with Gasteiger partial charge >= 0.3 is 0 Å². The molecular weight excluding hydrogens is 1710 g/mol. The summed E-state index contributed by atoms with van der Waals surface area (Å²) in [6.45, 7) is 0.432. The number of hydrogen-bond donors (Lipinski definition) is 38. The van der Waals surface area contributed by atoms with E-state index in [4.69, 9.17) is 130 Å². The molecule has 44 N–H and O–H groups in total. The number of aliphatic hydroxyl groups is 31. The number of nitrogens with one attached hydrogen (secondary N) is 1. The maximum atomic E-state index is 11.0. The summed E-state index contributed by atoms with van der Waals surface area (Å²) in [6.07, 6.45) is -57.7. The second-order valence-electron chi connectivity index (χ2n) is 29.8. The highest BCUT2D eigenvalue weighted by atomic mass is 16.8. The van der Waals surface area contributed by atoms with Crippen LogP contribution in [-0.2, 0) is 85.3 Å². The monoisotopic (exact) mass is 1850 g/mol. The highest BCUT2D eigenvalue weighted by Crippen LogP contribution is 2.36. The number of amides is 1. The fourth-order valence-electron chi connectivity index (χ4n) is 13.5. The third-order valence-corrected chi connectivity index (χ3v) is 20.7. The number of ether oxygens (including phenoxy) is 17. The van der Waals surface area contributed by atoms with Crippen LogP contribution >= 0.6 is 0 Å². The smallest absolute Gasteiger partial charge is 0.217 e. The van der Waals surface area contributed by atoms with Crippen molar-refractivity contribution in [2.75, 3.05) is 132 Å². The van der Waals surface area contributed by atoms with Gasteiger partial charge in [0.05, 0.1) is 104 Å². The molecule has 0 aromatic carbocycles. The first kappa shape index (κ1) is 115. The minimum atomic E-state index is -1.83. The van der Waals surface area contributed by atoms with Crippen molar-refractivity contribution in [2.24, 2.45) is 40.3 Å². The van der Waals surface area contributed by atoms with E-state index in [2.05, 4.69) is 5.32 Å². The number of aliphatic hydroxyl groups excluding tert-OH is 31. The molecule has 45 atom stereocenters. The molecule has 1 amide bonds. The van der Waals surface area contributed by atoms with Crippen LogP contribution in [0.15, 0.2) is 0 Å². The van der Waals surface area contributed by atoms with Gasteiger partial charge in [-0.3, -0.25) is 4.79 Å². The second kappa shape index (κ2) is 57.8. The van der Waals surface area contributed by atoms with Crippen molar-refractivity contribution >= 4 is 5.91 Å². The van der Waals surface area contributed by atoms with Gasteiger partial charge in [0.2, 0.25) is 5.91 Å². The lowest BCUT2D eigenvalue weighted by Gasteiger charge is -2.46. The minimum absolute atomic E-state index is 0.00223. The van der Waals surface area contributed by atoms with Crippen LogP contribution in [0.2, 0.25) is 0 Å². The Morgan fingerprint density at radius 1 is 0.280 bits per heavy atom. The summed E-state index contributed by atoms with van der Waals surface area (Å²) in [5, 5.41) is 303. The molecule has 742 valence electrons. The van der Waals surface area contributed by atoms with Crippen molar-refractivity contribution in [2.45, 2.75) is 290 Å². The van der Waals surface area contributed by atoms with Crippen molar-refractivity contribution < 1.29 is 244 Å². The summed E-state index contributed by atoms with van der Waals surface area (Å²) >= 11 is 0.